The zero-order valence-electron chi connectivity index (χ0n) is 18.6. The standard InChI is InChI=1S/C28H23N3O2/c1-3-29-23-11-7-5-9-20(23)22-17-18(13-15-25(22)29)19-14-16-26-27(28(19)31(32)33)21-10-6-8-12-24(21)30(26)4-2/h5-17H,3-4H2,1-2H3. The molecule has 0 saturated carbocycles. The summed E-state index contributed by atoms with van der Waals surface area (Å²) < 4.78 is 4.44. The summed E-state index contributed by atoms with van der Waals surface area (Å²) in [7, 11) is 0. The fourth-order valence-corrected chi connectivity index (χ4v) is 5.45. The number of fused-ring (bicyclic) bond motifs is 6. The first-order valence-electron chi connectivity index (χ1n) is 11.3. The molecule has 0 radical (unpaired) electrons. The molecule has 0 atom stereocenters. The van der Waals surface area contributed by atoms with Crippen molar-refractivity contribution in [2.45, 2.75) is 26.9 Å². The van der Waals surface area contributed by atoms with E-state index in [1.807, 2.05) is 48.5 Å². The highest BCUT2D eigenvalue weighted by atomic mass is 16.6. The maximum Gasteiger partial charge on any atom is 0.287 e. The van der Waals surface area contributed by atoms with Gasteiger partial charge in [-0.15, -0.1) is 0 Å². The molecule has 5 nitrogen and oxygen atoms in total. The SMILES string of the molecule is CCn1c2ccccc2c2cc(-c3ccc4c(c3[N+](=O)[O-])c3ccccc3n4CC)ccc21. The number of nitrogens with zero attached hydrogens (tertiary/aromatic N) is 3. The maximum absolute atomic E-state index is 12.5. The van der Waals surface area contributed by atoms with Crippen molar-refractivity contribution in [1.29, 1.82) is 0 Å². The summed E-state index contributed by atoms with van der Waals surface area (Å²) >= 11 is 0. The molecule has 6 aromatic rings. The summed E-state index contributed by atoms with van der Waals surface area (Å²) in [5.74, 6) is 0. The van der Waals surface area contributed by atoms with Gasteiger partial charge in [-0.3, -0.25) is 10.1 Å². The van der Waals surface area contributed by atoms with Crippen LogP contribution in [0, 0.1) is 10.1 Å². The number of aryl methyl sites for hydroxylation is 2. The first-order chi connectivity index (χ1) is 16.1. The molecule has 5 heteroatoms. The minimum Gasteiger partial charge on any atom is -0.341 e. The van der Waals surface area contributed by atoms with Crippen LogP contribution in [-0.2, 0) is 13.1 Å². The van der Waals surface area contributed by atoms with Crippen molar-refractivity contribution in [1.82, 2.24) is 9.13 Å². The molecule has 0 fully saturated rings. The summed E-state index contributed by atoms with van der Waals surface area (Å²) in [6, 6.07) is 26.5. The Kier molecular flexibility index (Phi) is 4.27. The molecule has 0 unspecified atom stereocenters. The largest absolute Gasteiger partial charge is 0.341 e. The molecule has 0 aliphatic rings. The lowest BCUT2D eigenvalue weighted by Crippen LogP contribution is -1.96. The van der Waals surface area contributed by atoms with E-state index in [1.165, 1.54) is 10.9 Å². The van der Waals surface area contributed by atoms with Gasteiger partial charge in [0, 0.05) is 45.8 Å². The summed E-state index contributed by atoms with van der Waals surface area (Å²) in [5.41, 5.74) is 5.95. The molecular weight excluding hydrogens is 410 g/mol. The Morgan fingerprint density at radius 1 is 0.697 bits per heavy atom. The minimum atomic E-state index is -0.219. The van der Waals surface area contributed by atoms with E-state index in [2.05, 4.69) is 53.3 Å². The second-order valence-electron chi connectivity index (χ2n) is 8.37. The van der Waals surface area contributed by atoms with Gasteiger partial charge in [-0.1, -0.05) is 42.5 Å². The molecule has 0 bridgehead atoms. The van der Waals surface area contributed by atoms with E-state index in [4.69, 9.17) is 0 Å². The van der Waals surface area contributed by atoms with Gasteiger partial charge in [0.1, 0.15) is 0 Å². The monoisotopic (exact) mass is 433 g/mol. The predicted octanol–water partition coefficient (Wildman–Crippen LogP) is 7.52. The Morgan fingerprint density at radius 3 is 1.97 bits per heavy atom. The molecule has 33 heavy (non-hydrogen) atoms. The topological polar surface area (TPSA) is 53.0 Å². The Hall–Kier alpha value is -4.12. The number of nitro benzene ring substituents is 1. The number of hydrogen-bond donors (Lipinski definition) is 0. The first kappa shape index (κ1) is 19.6. The molecule has 0 aliphatic heterocycles. The van der Waals surface area contributed by atoms with Crippen LogP contribution in [0.2, 0.25) is 0 Å². The molecular formula is C28H23N3O2. The number of para-hydroxylation sites is 2. The second-order valence-corrected chi connectivity index (χ2v) is 8.37. The fourth-order valence-electron chi connectivity index (χ4n) is 5.45. The highest BCUT2D eigenvalue weighted by Gasteiger charge is 2.25. The lowest BCUT2D eigenvalue weighted by atomic mass is 9.98. The molecule has 4 aromatic carbocycles. The van der Waals surface area contributed by atoms with E-state index in [9.17, 15) is 10.1 Å². The van der Waals surface area contributed by atoms with Gasteiger partial charge >= 0.3 is 0 Å². The summed E-state index contributed by atoms with van der Waals surface area (Å²) in [4.78, 5) is 12.3. The van der Waals surface area contributed by atoms with E-state index in [1.54, 1.807) is 0 Å². The maximum atomic E-state index is 12.5. The van der Waals surface area contributed by atoms with E-state index in [0.29, 0.717) is 10.9 Å². The smallest absolute Gasteiger partial charge is 0.287 e. The first-order valence-corrected chi connectivity index (χ1v) is 11.3. The van der Waals surface area contributed by atoms with Gasteiger partial charge in [0.25, 0.3) is 5.69 Å². The Labute approximate surface area is 190 Å². The molecule has 0 saturated heterocycles. The van der Waals surface area contributed by atoms with Crippen molar-refractivity contribution >= 4 is 49.3 Å². The van der Waals surface area contributed by atoms with Crippen LogP contribution in [0.25, 0.3) is 54.7 Å². The predicted molar refractivity (Wildman–Crippen MR) is 136 cm³/mol. The van der Waals surface area contributed by atoms with Crippen LogP contribution in [0.1, 0.15) is 13.8 Å². The van der Waals surface area contributed by atoms with Gasteiger partial charge in [0.15, 0.2) is 0 Å². The van der Waals surface area contributed by atoms with Gasteiger partial charge in [0.2, 0.25) is 0 Å². The molecule has 162 valence electrons. The van der Waals surface area contributed by atoms with Crippen LogP contribution in [0.15, 0.2) is 78.9 Å². The normalized spacial score (nSPS) is 11.8. The molecule has 2 aromatic heterocycles. The summed E-state index contributed by atoms with van der Waals surface area (Å²) in [6.45, 7) is 5.83. The lowest BCUT2D eigenvalue weighted by molar-refractivity contribution is -0.382. The van der Waals surface area contributed by atoms with E-state index >= 15 is 0 Å². The second kappa shape index (κ2) is 7.20. The Balaban J connectivity index is 1.71. The minimum absolute atomic E-state index is 0.175. The van der Waals surface area contributed by atoms with E-state index < -0.39 is 0 Å². The fraction of sp³-hybridized carbons (Fsp3) is 0.143. The summed E-state index contributed by atoms with van der Waals surface area (Å²) in [6.07, 6.45) is 0. The van der Waals surface area contributed by atoms with Crippen molar-refractivity contribution in [2.24, 2.45) is 0 Å². The van der Waals surface area contributed by atoms with Gasteiger partial charge in [0.05, 0.1) is 21.4 Å². The molecule has 0 spiro atoms. The van der Waals surface area contributed by atoms with E-state index in [0.717, 1.165) is 46.0 Å². The average Bonchev–Trinajstić information content (AvgIpc) is 3.35. The zero-order valence-corrected chi connectivity index (χ0v) is 18.6. The van der Waals surface area contributed by atoms with Gasteiger partial charge in [-0.05, 0) is 55.8 Å². The van der Waals surface area contributed by atoms with Crippen LogP contribution < -0.4 is 0 Å². The number of rotatable bonds is 4. The number of aromatic nitrogens is 2. The van der Waals surface area contributed by atoms with E-state index in [-0.39, 0.29) is 10.6 Å². The highest BCUT2D eigenvalue weighted by molar-refractivity contribution is 6.16. The van der Waals surface area contributed by atoms with Crippen LogP contribution in [0.5, 0.6) is 0 Å². The molecule has 0 aliphatic carbocycles. The third-order valence-electron chi connectivity index (χ3n) is 6.81. The van der Waals surface area contributed by atoms with Crippen molar-refractivity contribution in [3.05, 3.63) is 89.0 Å². The molecule has 2 heterocycles. The highest BCUT2D eigenvalue weighted by Crippen LogP contribution is 2.43. The van der Waals surface area contributed by atoms with Gasteiger partial charge in [-0.2, -0.15) is 0 Å². The van der Waals surface area contributed by atoms with Gasteiger partial charge in [-0.25, -0.2) is 0 Å². The Bertz CT molecular complexity index is 1720. The van der Waals surface area contributed by atoms with Gasteiger partial charge < -0.3 is 9.13 Å². The number of nitro groups is 1. The lowest BCUT2D eigenvalue weighted by Gasteiger charge is -2.08. The number of hydrogen-bond acceptors (Lipinski definition) is 2. The Morgan fingerprint density at radius 2 is 1.27 bits per heavy atom. The van der Waals surface area contributed by atoms with Crippen molar-refractivity contribution in [3.63, 3.8) is 0 Å². The van der Waals surface area contributed by atoms with Crippen molar-refractivity contribution in [3.8, 4) is 11.1 Å². The quantitative estimate of drug-likeness (QED) is 0.213. The average molecular weight is 434 g/mol. The molecule has 0 amide bonds. The third kappa shape index (κ3) is 2.65. The number of benzene rings is 4. The summed E-state index contributed by atoms with van der Waals surface area (Å²) in [5, 5.41) is 16.4. The van der Waals surface area contributed by atoms with Crippen LogP contribution >= 0.6 is 0 Å². The van der Waals surface area contributed by atoms with Crippen LogP contribution in [-0.4, -0.2) is 14.1 Å². The van der Waals surface area contributed by atoms with Crippen LogP contribution in [0.4, 0.5) is 5.69 Å². The van der Waals surface area contributed by atoms with Crippen molar-refractivity contribution in [2.75, 3.05) is 0 Å². The van der Waals surface area contributed by atoms with Crippen molar-refractivity contribution < 1.29 is 4.92 Å². The molecule has 6 rings (SSSR count). The third-order valence-corrected chi connectivity index (χ3v) is 6.81. The van der Waals surface area contributed by atoms with Crippen LogP contribution in [0.3, 0.4) is 0 Å². The zero-order chi connectivity index (χ0) is 22.7. The molecule has 0 N–H and O–H groups in total.